The molecule has 1 aromatic heterocycles. The van der Waals surface area contributed by atoms with Crippen molar-refractivity contribution in [3.8, 4) is 11.8 Å². The van der Waals surface area contributed by atoms with Crippen LogP contribution in [0.1, 0.15) is 32.1 Å². The fraction of sp³-hybridized carbons (Fsp3) is 0.643. The summed E-state index contributed by atoms with van der Waals surface area (Å²) < 4.78 is 10.1. The first-order valence-corrected chi connectivity index (χ1v) is 7.04. The van der Waals surface area contributed by atoms with Crippen molar-refractivity contribution in [3.05, 3.63) is 6.07 Å². The maximum absolute atomic E-state index is 11.6. The van der Waals surface area contributed by atoms with Crippen LogP contribution >= 0.6 is 0 Å². The second-order valence-corrected chi connectivity index (χ2v) is 5.28. The van der Waals surface area contributed by atoms with E-state index in [2.05, 4.69) is 15.3 Å². The zero-order valence-electron chi connectivity index (χ0n) is 12.4. The van der Waals surface area contributed by atoms with Crippen molar-refractivity contribution < 1.29 is 19.4 Å². The number of carboxylic acids is 1. The van der Waals surface area contributed by atoms with E-state index < -0.39 is 11.4 Å². The van der Waals surface area contributed by atoms with E-state index in [4.69, 9.17) is 9.47 Å². The minimum absolute atomic E-state index is 0.304. The van der Waals surface area contributed by atoms with E-state index in [1.165, 1.54) is 14.2 Å². The number of methoxy groups -OCH3 is 2. The highest BCUT2D eigenvalue weighted by atomic mass is 16.5. The number of hydrogen-bond donors (Lipinski definition) is 2. The van der Waals surface area contributed by atoms with Gasteiger partial charge in [-0.2, -0.15) is 9.97 Å². The van der Waals surface area contributed by atoms with E-state index in [9.17, 15) is 9.90 Å². The van der Waals surface area contributed by atoms with E-state index in [-0.39, 0.29) is 0 Å². The molecular formula is C14H21N3O4. The number of carbonyl (C=O) groups is 1. The third kappa shape index (κ3) is 3.53. The largest absolute Gasteiger partial charge is 0.481 e. The lowest BCUT2D eigenvalue weighted by Crippen LogP contribution is -2.40. The Balaban J connectivity index is 2.12. The molecule has 0 aromatic carbocycles. The molecule has 2 N–H and O–H groups in total. The first-order chi connectivity index (χ1) is 10.1. The van der Waals surface area contributed by atoms with Crippen LogP contribution in [0.2, 0.25) is 0 Å². The van der Waals surface area contributed by atoms with Crippen molar-refractivity contribution in [2.75, 3.05) is 26.1 Å². The van der Waals surface area contributed by atoms with Crippen LogP contribution < -0.4 is 14.8 Å². The quantitative estimate of drug-likeness (QED) is 0.828. The lowest BCUT2D eigenvalue weighted by atomic mass is 9.74. The summed E-state index contributed by atoms with van der Waals surface area (Å²) in [6, 6.07) is 1.57. The van der Waals surface area contributed by atoms with Crippen LogP contribution in [-0.2, 0) is 4.79 Å². The molecule has 1 aliphatic rings. The topological polar surface area (TPSA) is 93.6 Å². The number of nitrogens with zero attached hydrogens (tertiary/aromatic N) is 2. The van der Waals surface area contributed by atoms with Crippen LogP contribution in [0.5, 0.6) is 11.8 Å². The van der Waals surface area contributed by atoms with E-state index in [1.807, 2.05) is 0 Å². The van der Waals surface area contributed by atoms with Gasteiger partial charge in [-0.3, -0.25) is 4.79 Å². The van der Waals surface area contributed by atoms with Gasteiger partial charge >= 0.3 is 5.97 Å². The lowest BCUT2D eigenvalue weighted by Gasteiger charge is -2.33. The standard InChI is InChI=1S/C14H21N3O4/c1-20-10-8-11(21-2)17-13(16-10)15-9-14(12(18)19)6-4-3-5-7-14/h8H,3-7,9H2,1-2H3,(H,18,19)(H,15,16,17). The van der Waals surface area contributed by atoms with Gasteiger partial charge < -0.3 is 19.9 Å². The van der Waals surface area contributed by atoms with Crippen LogP contribution in [0.4, 0.5) is 5.95 Å². The van der Waals surface area contributed by atoms with Gasteiger partial charge in [-0.05, 0) is 12.8 Å². The van der Waals surface area contributed by atoms with Gasteiger partial charge in [0.05, 0.1) is 25.7 Å². The molecule has 21 heavy (non-hydrogen) atoms. The molecule has 0 spiro atoms. The van der Waals surface area contributed by atoms with E-state index in [0.717, 1.165) is 19.3 Å². The Hall–Kier alpha value is -2.05. The van der Waals surface area contributed by atoms with E-state index in [0.29, 0.717) is 37.1 Å². The highest BCUT2D eigenvalue weighted by Crippen LogP contribution is 2.36. The molecule has 7 nitrogen and oxygen atoms in total. The molecular weight excluding hydrogens is 274 g/mol. The number of hydrogen-bond acceptors (Lipinski definition) is 6. The van der Waals surface area contributed by atoms with Crippen LogP contribution in [-0.4, -0.2) is 41.8 Å². The molecule has 116 valence electrons. The number of ether oxygens (including phenoxy) is 2. The van der Waals surface area contributed by atoms with Crippen molar-refractivity contribution in [1.29, 1.82) is 0 Å². The minimum Gasteiger partial charge on any atom is -0.481 e. The second kappa shape index (κ2) is 6.60. The third-order valence-corrected chi connectivity index (χ3v) is 3.95. The molecule has 1 fully saturated rings. The number of nitrogens with one attached hydrogen (secondary N) is 1. The lowest BCUT2D eigenvalue weighted by molar-refractivity contribution is -0.150. The summed E-state index contributed by atoms with van der Waals surface area (Å²) in [5.74, 6) is 0.302. The molecule has 0 aliphatic heterocycles. The molecule has 0 amide bonds. The van der Waals surface area contributed by atoms with Crippen LogP contribution in [0.25, 0.3) is 0 Å². The molecule has 0 unspecified atom stereocenters. The summed E-state index contributed by atoms with van der Waals surface area (Å²) in [6.45, 7) is 0.304. The predicted octanol–water partition coefficient (Wildman–Crippen LogP) is 1.94. The molecule has 7 heteroatoms. The van der Waals surface area contributed by atoms with Crippen molar-refractivity contribution in [3.63, 3.8) is 0 Å². The molecule has 1 saturated carbocycles. The van der Waals surface area contributed by atoms with Crippen molar-refractivity contribution >= 4 is 11.9 Å². The van der Waals surface area contributed by atoms with Gasteiger partial charge in [0.2, 0.25) is 17.7 Å². The molecule has 0 saturated heterocycles. The predicted molar refractivity (Wildman–Crippen MR) is 76.8 cm³/mol. The zero-order valence-corrected chi connectivity index (χ0v) is 12.4. The number of carboxylic acid groups (broad SMARTS) is 1. The van der Waals surface area contributed by atoms with Gasteiger partial charge in [0.25, 0.3) is 0 Å². The Morgan fingerprint density at radius 2 is 1.81 bits per heavy atom. The molecule has 1 aromatic rings. The van der Waals surface area contributed by atoms with Crippen LogP contribution in [0.3, 0.4) is 0 Å². The molecule has 2 rings (SSSR count). The normalized spacial score (nSPS) is 17.0. The Kier molecular flexibility index (Phi) is 4.82. The van der Waals surface area contributed by atoms with Crippen molar-refractivity contribution in [1.82, 2.24) is 9.97 Å². The Labute approximate surface area is 123 Å². The van der Waals surface area contributed by atoms with Crippen molar-refractivity contribution in [2.45, 2.75) is 32.1 Å². The number of aromatic nitrogens is 2. The molecule has 1 heterocycles. The first kappa shape index (κ1) is 15.3. The van der Waals surface area contributed by atoms with Crippen LogP contribution in [0.15, 0.2) is 6.07 Å². The third-order valence-electron chi connectivity index (χ3n) is 3.95. The summed E-state index contributed by atoms with van der Waals surface area (Å²) in [4.78, 5) is 19.9. The first-order valence-electron chi connectivity index (χ1n) is 7.04. The average Bonchev–Trinajstić information content (AvgIpc) is 2.53. The maximum Gasteiger partial charge on any atom is 0.311 e. The molecule has 1 aliphatic carbocycles. The monoisotopic (exact) mass is 295 g/mol. The maximum atomic E-state index is 11.6. The SMILES string of the molecule is COc1cc(OC)nc(NCC2(C(=O)O)CCCCC2)n1. The number of rotatable bonds is 6. The van der Waals surface area contributed by atoms with Gasteiger partial charge in [-0.25, -0.2) is 0 Å². The average molecular weight is 295 g/mol. The summed E-state index contributed by atoms with van der Waals surface area (Å²) >= 11 is 0. The molecule has 0 bridgehead atoms. The number of aliphatic carboxylic acids is 1. The van der Waals surface area contributed by atoms with E-state index >= 15 is 0 Å². The highest BCUT2D eigenvalue weighted by Gasteiger charge is 2.39. The summed E-state index contributed by atoms with van der Waals surface area (Å²) in [7, 11) is 3.01. The van der Waals surface area contributed by atoms with Gasteiger partial charge in [0.1, 0.15) is 0 Å². The molecule has 0 atom stereocenters. The Morgan fingerprint density at radius 3 is 2.29 bits per heavy atom. The fourth-order valence-corrected chi connectivity index (χ4v) is 2.64. The highest BCUT2D eigenvalue weighted by molar-refractivity contribution is 5.75. The Bertz CT molecular complexity index is 479. The van der Waals surface area contributed by atoms with Gasteiger partial charge in [-0.15, -0.1) is 0 Å². The Morgan fingerprint density at radius 1 is 1.24 bits per heavy atom. The smallest absolute Gasteiger partial charge is 0.311 e. The van der Waals surface area contributed by atoms with Gasteiger partial charge in [-0.1, -0.05) is 19.3 Å². The van der Waals surface area contributed by atoms with Crippen LogP contribution in [0, 0.1) is 5.41 Å². The summed E-state index contributed by atoms with van der Waals surface area (Å²) in [5.41, 5.74) is -0.738. The minimum atomic E-state index is -0.760. The second-order valence-electron chi connectivity index (χ2n) is 5.28. The van der Waals surface area contributed by atoms with Gasteiger partial charge in [0.15, 0.2) is 0 Å². The van der Waals surface area contributed by atoms with E-state index in [1.54, 1.807) is 6.07 Å². The fourth-order valence-electron chi connectivity index (χ4n) is 2.64. The summed E-state index contributed by atoms with van der Waals surface area (Å²) in [5, 5.41) is 12.6. The van der Waals surface area contributed by atoms with Gasteiger partial charge in [0, 0.05) is 6.54 Å². The summed E-state index contributed by atoms with van der Waals surface area (Å²) in [6.07, 6.45) is 4.33. The van der Waals surface area contributed by atoms with Crippen molar-refractivity contribution in [2.24, 2.45) is 5.41 Å². The zero-order chi connectivity index (χ0) is 15.3. The molecule has 0 radical (unpaired) electrons. The number of anilines is 1.